The molecule has 1 aliphatic heterocycles. The van der Waals surface area contributed by atoms with Gasteiger partial charge in [0, 0.05) is 13.1 Å². The highest BCUT2D eigenvalue weighted by molar-refractivity contribution is 7.90. The van der Waals surface area contributed by atoms with Crippen LogP contribution in [0.3, 0.4) is 0 Å². The van der Waals surface area contributed by atoms with Crippen molar-refractivity contribution in [1.82, 2.24) is 14.3 Å². The summed E-state index contributed by atoms with van der Waals surface area (Å²) >= 11 is 0. The van der Waals surface area contributed by atoms with E-state index in [-0.39, 0.29) is 5.95 Å². The molecule has 1 saturated heterocycles. The first-order valence-corrected chi connectivity index (χ1v) is 7.39. The molecule has 0 amide bonds. The van der Waals surface area contributed by atoms with Crippen LogP contribution in [-0.2, 0) is 14.9 Å². The number of nitrogens with zero attached hydrogens (tertiary/aromatic N) is 2. The van der Waals surface area contributed by atoms with Gasteiger partial charge in [-0.05, 0) is 12.1 Å². The number of fused-ring (bicyclic) bond motifs is 1. The van der Waals surface area contributed by atoms with Crippen molar-refractivity contribution in [2.45, 2.75) is 0 Å². The summed E-state index contributed by atoms with van der Waals surface area (Å²) in [6.45, 7) is 1.55. The summed E-state index contributed by atoms with van der Waals surface area (Å²) in [6, 6.07) is 7.37. The second-order valence-electron chi connectivity index (χ2n) is 4.22. The minimum absolute atomic E-state index is 0.229. The topological polar surface area (TPSA) is 87.3 Å². The number of ether oxygens (including phenoxy) is 1. The van der Waals surface area contributed by atoms with Gasteiger partial charge >= 0.3 is 10.2 Å². The molecule has 0 saturated carbocycles. The molecule has 1 aliphatic rings. The van der Waals surface area contributed by atoms with Gasteiger partial charge in [0.15, 0.2) is 0 Å². The van der Waals surface area contributed by atoms with Gasteiger partial charge in [0.25, 0.3) is 0 Å². The Bertz CT molecular complexity index is 643. The second-order valence-corrected chi connectivity index (χ2v) is 5.89. The van der Waals surface area contributed by atoms with Gasteiger partial charge in [0.05, 0.1) is 24.2 Å². The van der Waals surface area contributed by atoms with E-state index in [9.17, 15) is 8.42 Å². The lowest BCUT2D eigenvalue weighted by molar-refractivity contribution is 0.0733. The van der Waals surface area contributed by atoms with Crippen molar-refractivity contribution in [3.05, 3.63) is 24.3 Å². The fraction of sp³-hybridized carbons (Fsp3) is 0.364. The van der Waals surface area contributed by atoms with Crippen LogP contribution in [0.1, 0.15) is 0 Å². The van der Waals surface area contributed by atoms with Crippen molar-refractivity contribution in [2.75, 3.05) is 31.0 Å². The highest BCUT2D eigenvalue weighted by Crippen LogP contribution is 2.15. The first-order chi connectivity index (χ1) is 9.15. The predicted octanol–water partition coefficient (Wildman–Crippen LogP) is 0.552. The average molecular weight is 282 g/mol. The third-order valence-electron chi connectivity index (χ3n) is 2.92. The van der Waals surface area contributed by atoms with Crippen LogP contribution in [0.25, 0.3) is 11.0 Å². The van der Waals surface area contributed by atoms with Gasteiger partial charge in [-0.25, -0.2) is 9.71 Å². The van der Waals surface area contributed by atoms with Crippen molar-refractivity contribution in [3.63, 3.8) is 0 Å². The predicted molar refractivity (Wildman–Crippen MR) is 71.0 cm³/mol. The molecular formula is C11H14N4O3S. The Balaban J connectivity index is 1.83. The molecule has 2 heterocycles. The standard InChI is InChI=1S/C11H14N4O3S/c16-19(17,15-5-7-18-8-6-15)14-11-12-9-3-1-2-4-10(9)13-11/h1-4H,5-8H2,(H2,12,13,14). The van der Waals surface area contributed by atoms with Crippen molar-refractivity contribution >= 4 is 27.2 Å². The summed E-state index contributed by atoms with van der Waals surface area (Å²) in [5.41, 5.74) is 1.52. The Kier molecular flexibility index (Phi) is 3.13. The Morgan fingerprint density at radius 2 is 2.00 bits per heavy atom. The monoisotopic (exact) mass is 282 g/mol. The number of anilines is 1. The largest absolute Gasteiger partial charge is 0.379 e. The minimum atomic E-state index is -3.57. The number of imidazole rings is 1. The molecule has 0 bridgehead atoms. The van der Waals surface area contributed by atoms with Crippen molar-refractivity contribution in [1.29, 1.82) is 0 Å². The summed E-state index contributed by atoms with van der Waals surface area (Å²) in [5.74, 6) is 0.229. The fourth-order valence-corrected chi connectivity index (χ4v) is 3.07. The van der Waals surface area contributed by atoms with E-state index >= 15 is 0 Å². The smallest absolute Gasteiger partial charge is 0.304 e. The van der Waals surface area contributed by atoms with Crippen LogP contribution in [-0.4, -0.2) is 49.0 Å². The molecule has 8 heteroatoms. The number of H-pyrrole nitrogens is 1. The van der Waals surface area contributed by atoms with Crippen molar-refractivity contribution < 1.29 is 13.2 Å². The SMILES string of the molecule is O=S(=O)(Nc1nc2ccccc2[nH]1)N1CCOCC1. The molecule has 0 spiro atoms. The number of benzene rings is 1. The molecule has 2 aromatic rings. The summed E-state index contributed by atoms with van der Waals surface area (Å²) < 4.78 is 33.2. The van der Waals surface area contributed by atoms with Crippen LogP contribution >= 0.6 is 0 Å². The normalized spacial score (nSPS) is 17.7. The van der Waals surface area contributed by atoms with E-state index in [0.717, 1.165) is 11.0 Å². The molecule has 0 atom stereocenters. The van der Waals surface area contributed by atoms with Gasteiger partial charge < -0.3 is 9.72 Å². The van der Waals surface area contributed by atoms with Gasteiger partial charge in [0.2, 0.25) is 5.95 Å². The number of para-hydroxylation sites is 2. The summed E-state index contributed by atoms with van der Waals surface area (Å²) in [7, 11) is -3.57. The lowest BCUT2D eigenvalue weighted by Crippen LogP contribution is -2.43. The molecule has 0 unspecified atom stereocenters. The zero-order valence-corrected chi connectivity index (χ0v) is 11.0. The molecular weight excluding hydrogens is 268 g/mol. The number of nitrogens with one attached hydrogen (secondary N) is 2. The molecule has 3 rings (SSSR count). The lowest BCUT2D eigenvalue weighted by atomic mass is 10.3. The molecule has 0 radical (unpaired) electrons. The number of rotatable bonds is 3. The van der Waals surface area contributed by atoms with Crippen LogP contribution < -0.4 is 4.72 Å². The number of morpholine rings is 1. The molecule has 7 nitrogen and oxygen atoms in total. The molecule has 0 aliphatic carbocycles. The number of aromatic amines is 1. The highest BCUT2D eigenvalue weighted by Gasteiger charge is 2.25. The summed E-state index contributed by atoms with van der Waals surface area (Å²) in [6.07, 6.45) is 0. The first kappa shape index (κ1) is 12.4. The van der Waals surface area contributed by atoms with E-state index in [0.29, 0.717) is 26.3 Å². The van der Waals surface area contributed by atoms with Crippen LogP contribution in [0, 0.1) is 0 Å². The quantitative estimate of drug-likeness (QED) is 0.860. The maximum Gasteiger partial charge on any atom is 0.304 e. The van der Waals surface area contributed by atoms with Gasteiger partial charge in [-0.3, -0.25) is 0 Å². The second kappa shape index (κ2) is 4.80. The van der Waals surface area contributed by atoms with Crippen LogP contribution in [0.5, 0.6) is 0 Å². The first-order valence-electron chi connectivity index (χ1n) is 5.95. The number of hydrogen-bond acceptors (Lipinski definition) is 4. The maximum absolute atomic E-state index is 12.1. The van der Waals surface area contributed by atoms with E-state index in [4.69, 9.17) is 4.74 Å². The zero-order chi connectivity index (χ0) is 13.3. The van der Waals surface area contributed by atoms with Crippen LogP contribution in [0.4, 0.5) is 5.95 Å². The average Bonchev–Trinajstić information content (AvgIpc) is 2.81. The Labute approximate surface area is 110 Å². The zero-order valence-electron chi connectivity index (χ0n) is 10.2. The fourth-order valence-electron chi connectivity index (χ4n) is 1.97. The van der Waals surface area contributed by atoms with E-state index in [1.54, 1.807) is 0 Å². The van der Waals surface area contributed by atoms with E-state index in [2.05, 4.69) is 14.7 Å². The third-order valence-corrected chi connectivity index (χ3v) is 4.42. The molecule has 1 fully saturated rings. The number of hydrogen-bond donors (Lipinski definition) is 2. The molecule has 1 aromatic heterocycles. The van der Waals surface area contributed by atoms with E-state index in [1.165, 1.54) is 4.31 Å². The Hall–Kier alpha value is -1.64. The summed E-state index contributed by atoms with van der Waals surface area (Å²) in [5, 5.41) is 0. The maximum atomic E-state index is 12.1. The molecule has 102 valence electrons. The van der Waals surface area contributed by atoms with Gasteiger partial charge in [-0.15, -0.1) is 0 Å². The molecule has 1 aromatic carbocycles. The van der Waals surface area contributed by atoms with Crippen molar-refractivity contribution in [2.24, 2.45) is 0 Å². The Morgan fingerprint density at radius 1 is 1.26 bits per heavy atom. The van der Waals surface area contributed by atoms with E-state index < -0.39 is 10.2 Å². The molecule has 2 N–H and O–H groups in total. The van der Waals surface area contributed by atoms with Crippen molar-refractivity contribution in [3.8, 4) is 0 Å². The summed E-state index contributed by atoms with van der Waals surface area (Å²) in [4.78, 5) is 7.12. The number of aromatic nitrogens is 2. The van der Waals surface area contributed by atoms with Gasteiger partial charge in [0.1, 0.15) is 0 Å². The van der Waals surface area contributed by atoms with Gasteiger partial charge in [-0.2, -0.15) is 12.7 Å². The third kappa shape index (κ3) is 2.55. The highest BCUT2D eigenvalue weighted by atomic mass is 32.2. The Morgan fingerprint density at radius 3 is 2.74 bits per heavy atom. The van der Waals surface area contributed by atoms with Crippen LogP contribution in [0.15, 0.2) is 24.3 Å². The van der Waals surface area contributed by atoms with Crippen LogP contribution in [0.2, 0.25) is 0 Å². The lowest BCUT2D eigenvalue weighted by Gasteiger charge is -2.25. The molecule has 19 heavy (non-hydrogen) atoms. The van der Waals surface area contributed by atoms with E-state index in [1.807, 2.05) is 24.3 Å². The minimum Gasteiger partial charge on any atom is -0.379 e. The van der Waals surface area contributed by atoms with Gasteiger partial charge in [-0.1, -0.05) is 12.1 Å².